The molecule has 0 aliphatic heterocycles. The van der Waals surface area contributed by atoms with Gasteiger partial charge >= 0.3 is 12.1 Å². The molecule has 94 valence electrons. The number of rotatable bonds is 2. The number of nitrogens with one attached hydrogen (secondary N) is 1. The molecule has 1 aromatic rings. The normalized spacial score (nSPS) is 12.2. The van der Waals surface area contributed by atoms with E-state index in [0.29, 0.717) is 0 Å². The molecular formula is C8H5ClF3NO3S. The van der Waals surface area contributed by atoms with Gasteiger partial charge in [-0.3, -0.25) is 4.79 Å². The van der Waals surface area contributed by atoms with Crippen LogP contribution in [0.4, 0.5) is 18.9 Å². The van der Waals surface area contributed by atoms with Crippen LogP contribution in [0.3, 0.4) is 0 Å². The maximum Gasteiger partial charge on any atom is 0.471 e. The fraction of sp³-hybridized carbons (Fsp3) is 0.125. The molecule has 0 heterocycles. The number of hydrogen-bond acceptors (Lipinski definition) is 3. The monoisotopic (exact) mass is 287 g/mol. The van der Waals surface area contributed by atoms with Crippen molar-refractivity contribution in [2.24, 2.45) is 0 Å². The largest absolute Gasteiger partial charge is 0.471 e. The Kier molecular flexibility index (Phi) is 3.68. The highest BCUT2D eigenvalue weighted by molar-refractivity contribution is 8.13. The molecule has 0 unspecified atom stereocenters. The third kappa shape index (κ3) is 3.60. The quantitative estimate of drug-likeness (QED) is 0.848. The van der Waals surface area contributed by atoms with Crippen molar-refractivity contribution in [2.45, 2.75) is 11.1 Å². The van der Waals surface area contributed by atoms with Crippen molar-refractivity contribution in [3.8, 4) is 0 Å². The van der Waals surface area contributed by atoms with Gasteiger partial charge in [0.2, 0.25) is 0 Å². The summed E-state index contributed by atoms with van der Waals surface area (Å²) >= 11 is 0. The predicted octanol–water partition coefficient (Wildman–Crippen LogP) is 2.11. The van der Waals surface area contributed by atoms with Crippen molar-refractivity contribution < 1.29 is 26.4 Å². The zero-order valence-electron chi connectivity index (χ0n) is 7.95. The predicted molar refractivity (Wildman–Crippen MR) is 54.2 cm³/mol. The van der Waals surface area contributed by atoms with E-state index >= 15 is 0 Å². The van der Waals surface area contributed by atoms with E-state index in [0.717, 1.165) is 12.1 Å². The Morgan fingerprint density at radius 3 is 2.24 bits per heavy atom. The lowest BCUT2D eigenvalue weighted by molar-refractivity contribution is -0.167. The molecule has 17 heavy (non-hydrogen) atoms. The van der Waals surface area contributed by atoms with Crippen LogP contribution in [0.15, 0.2) is 29.2 Å². The number of alkyl halides is 3. The fourth-order valence-electron chi connectivity index (χ4n) is 0.976. The molecule has 0 radical (unpaired) electrons. The lowest BCUT2D eigenvalue weighted by atomic mass is 10.3. The van der Waals surface area contributed by atoms with Gasteiger partial charge in [-0.2, -0.15) is 13.2 Å². The first kappa shape index (κ1) is 13.8. The highest BCUT2D eigenvalue weighted by atomic mass is 35.7. The third-order valence-corrected chi connectivity index (χ3v) is 3.04. The molecule has 4 nitrogen and oxygen atoms in total. The van der Waals surface area contributed by atoms with Gasteiger partial charge in [0.05, 0.1) is 5.69 Å². The standard InChI is InChI=1S/C8H5ClF3NO3S/c9-17(15,16)6-4-2-1-3-5(6)13-7(14)8(10,11)12/h1-4H,(H,13,14). The summed E-state index contributed by atoms with van der Waals surface area (Å²) < 4.78 is 57.9. The zero-order valence-corrected chi connectivity index (χ0v) is 9.53. The van der Waals surface area contributed by atoms with E-state index in [4.69, 9.17) is 10.7 Å². The maximum atomic E-state index is 12.0. The van der Waals surface area contributed by atoms with Gasteiger partial charge in [0, 0.05) is 10.7 Å². The van der Waals surface area contributed by atoms with Crippen molar-refractivity contribution >= 4 is 31.3 Å². The zero-order chi connectivity index (χ0) is 13.3. The number of anilines is 1. The van der Waals surface area contributed by atoms with E-state index in [9.17, 15) is 26.4 Å². The lowest BCUT2D eigenvalue weighted by Crippen LogP contribution is -2.30. The Morgan fingerprint density at radius 1 is 1.24 bits per heavy atom. The number of halogens is 4. The molecule has 0 fully saturated rings. The topological polar surface area (TPSA) is 63.2 Å². The van der Waals surface area contributed by atoms with Crippen LogP contribution in [0.2, 0.25) is 0 Å². The van der Waals surface area contributed by atoms with Crippen molar-refractivity contribution in [1.29, 1.82) is 0 Å². The van der Waals surface area contributed by atoms with E-state index in [2.05, 4.69) is 0 Å². The highest BCUT2D eigenvalue weighted by Gasteiger charge is 2.39. The molecule has 1 rings (SSSR count). The summed E-state index contributed by atoms with van der Waals surface area (Å²) in [5, 5.41) is 1.43. The van der Waals surface area contributed by atoms with Gasteiger partial charge in [0.1, 0.15) is 4.90 Å². The minimum Gasteiger partial charge on any atom is -0.317 e. The van der Waals surface area contributed by atoms with E-state index < -0.39 is 31.7 Å². The Balaban J connectivity index is 3.13. The molecule has 0 saturated heterocycles. The van der Waals surface area contributed by atoms with Crippen LogP contribution in [-0.2, 0) is 13.8 Å². The Morgan fingerprint density at radius 2 is 1.76 bits per heavy atom. The van der Waals surface area contributed by atoms with Gasteiger partial charge in [-0.15, -0.1) is 0 Å². The third-order valence-electron chi connectivity index (χ3n) is 1.66. The summed E-state index contributed by atoms with van der Waals surface area (Å²) in [5.74, 6) is -2.27. The minimum absolute atomic E-state index is 0.523. The number of benzene rings is 1. The van der Waals surface area contributed by atoms with Crippen LogP contribution in [0, 0.1) is 0 Å². The molecule has 0 spiro atoms. The van der Waals surface area contributed by atoms with Gasteiger partial charge < -0.3 is 5.32 Å². The highest BCUT2D eigenvalue weighted by Crippen LogP contribution is 2.26. The van der Waals surface area contributed by atoms with Crippen LogP contribution in [0.25, 0.3) is 0 Å². The van der Waals surface area contributed by atoms with Crippen LogP contribution >= 0.6 is 10.7 Å². The van der Waals surface area contributed by atoms with Crippen LogP contribution in [-0.4, -0.2) is 20.5 Å². The fourth-order valence-corrected chi connectivity index (χ4v) is 2.00. The number of amides is 1. The first-order chi connectivity index (χ1) is 7.62. The molecule has 9 heteroatoms. The Bertz CT molecular complexity index is 541. The summed E-state index contributed by atoms with van der Waals surface area (Å²) in [6.07, 6.45) is -5.11. The number of hydrogen-bond donors (Lipinski definition) is 1. The van der Waals surface area contributed by atoms with Crippen LogP contribution < -0.4 is 5.32 Å². The van der Waals surface area contributed by atoms with Gasteiger partial charge in [-0.05, 0) is 12.1 Å². The van der Waals surface area contributed by atoms with Gasteiger partial charge in [0.15, 0.2) is 0 Å². The van der Waals surface area contributed by atoms with Crippen LogP contribution in [0.1, 0.15) is 0 Å². The second kappa shape index (κ2) is 4.53. The Hall–Kier alpha value is -1.28. The molecule has 0 aromatic heterocycles. The van der Waals surface area contributed by atoms with Gasteiger partial charge in [-0.1, -0.05) is 12.1 Å². The lowest BCUT2D eigenvalue weighted by Gasteiger charge is -2.10. The number of para-hydroxylation sites is 1. The first-order valence-corrected chi connectivity index (χ1v) is 6.35. The summed E-state index contributed by atoms with van der Waals surface area (Å²) in [6, 6.07) is 4.50. The molecule has 0 aliphatic carbocycles. The number of carbonyl (C=O) groups is 1. The summed E-state index contributed by atoms with van der Waals surface area (Å²) in [5.41, 5.74) is -0.523. The summed E-state index contributed by atoms with van der Waals surface area (Å²) in [7, 11) is 0.767. The van der Waals surface area contributed by atoms with Crippen molar-refractivity contribution in [3.63, 3.8) is 0 Å². The van der Waals surface area contributed by atoms with Gasteiger partial charge in [-0.25, -0.2) is 8.42 Å². The van der Waals surface area contributed by atoms with Crippen molar-refractivity contribution in [3.05, 3.63) is 24.3 Å². The molecular weight excluding hydrogens is 283 g/mol. The molecule has 0 saturated carbocycles. The minimum atomic E-state index is -5.11. The smallest absolute Gasteiger partial charge is 0.317 e. The van der Waals surface area contributed by atoms with Crippen LogP contribution in [0.5, 0.6) is 0 Å². The molecule has 0 atom stereocenters. The molecule has 1 aromatic carbocycles. The SMILES string of the molecule is O=C(Nc1ccccc1S(=O)(=O)Cl)C(F)(F)F. The second-order valence-electron chi connectivity index (χ2n) is 2.89. The molecule has 1 N–H and O–H groups in total. The van der Waals surface area contributed by atoms with Gasteiger partial charge in [0.25, 0.3) is 9.05 Å². The summed E-state index contributed by atoms with van der Waals surface area (Å²) in [6.45, 7) is 0. The average Bonchev–Trinajstić information content (AvgIpc) is 2.15. The van der Waals surface area contributed by atoms with E-state index in [1.165, 1.54) is 17.4 Å². The average molecular weight is 288 g/mol. The van der Waals surface area contributed by atoms with E-state index in [1.54, 1.807) is 0 Å². The van der Waals surface area contributed by atoms with E-state index in [-0.39, 0.29) is 0 Å². The molecule has 1 amide bonds. The summed E-state index contributed by atoms with van der Waals surface area (Å²) in [4.78, 5) is 10.0. The first-order valence-electron chi connectivity index (χ1n) is 4.04. The molecule has 0 aliphatic rings. The van der Waals surface area contributed by atoms with Crippen molar-refractivity contribution in [2.75, 3.05) is 5.32 Å². The molecule has 0 bridgehead atoms. The van der Waals surface area contributed by atoms with Crippen molar-refractivity contribution in [1.82, 2.24) is 0 Å². The second-order valence-corrected chi connectivity index (χ2v) is 5.42. The maximum absolute atomic E-state index is 12.0. The Labute approximate surface area is 98.8 Å². The number of carbonyl (C=O) groups excluding carboxylic acids is 1. The van der Waals surface area contributed by atoms with E-state index in [1.807, 2.05) is 0 Å².